The van der Waals surface area contributed by atoms with E-state index in [1.54, 1.807) is 7.11 Å². The lowest BCUT2D eigenvalue weighted by molar-refractivity contribution is -0.0417. The topological polar surface area (TPSA) is 18.5 Å². The van der Waals surface area contributed by atoms with Gasteiger partial charge >= 0.3 is 14.5 Å². The van der Waals surface area contributed by atoms with E-state index in [2.05, 4.69) is 13.8 Å². The second kappa shape index (κ2) is 13.9. The van der Waals surface area contributed by atoms with E-state index in [1.165, 1.54) is 61.9 Å². The van der Waals surface area contributed by atoms with Gasteiger partial charge in [0.05, 0.1) is 0 Å². The van der Waals surface area contributed by atoms with Crippen LogP contribution < -0.4 is 0 Å². The van der Waals surface area contributed by atoms with Gasteiger partial charge in [0.25, 0.3) is 0 Å². The Bertz CT molecular complexity index is 153. The van der Waals surface area contributed by atoms with Crippen LogP contribution >= 0.6 is 0 Å². The van der Waals surface area contributed by atoms with Crippen molar-refractivity contribution >= 4 is 14.5 Å². The minimum Gasteiger partial charge on any atom is -0.478 e. The predicted molar refractivity (Wildman–Crippen MR) is 81.2 cm³/mol. The molecule has 0 aromatic rings. The van der Waals surface area contributed by atoms with E-state index in [0.717, 1.165) is 0 Å². The summed E-state index contributed by atoms with van der Waals surface area (Å²) >= 11 is -1.02. The molecule has 0 saturated carbocycles. The Labute approximate surface area is 119 Å². The van der Waals surface area contributed by atoms with Crippen molar-refractivity contribution in [3.63, 3.8) is 0 Å². The second-order valence-corrected chi connectivity index (χ2v) is 7.93. The van der Waals surface area contributed by atoms with Crippen molar-refractivity contribution in [3.8, 4) is 0 Å². The summed E-state index contributed by atoms with van der Waals surface area (Å²) < 4.78 is 11.3. The molecule has 0 aliphatic heterocycles. The largest absolute Gasteiger partial charge is 0.478 e. The average molecular weight is 272 g/mol. The zero-order valence-electron chi connectivity index (χ0n) is 13.0. The fraction of sp³-hybridized carbons (Fsp3) is 1.00. The van der Waals surface area contributed by atoms with Crippen molar-refractivity contribution in [1.29, 1.82) is 0 Å². The second-order valence-electron chi connectivity index (χ2n) is 5.26. The Hall–Kier alpha value is 0.452. The smallest absolute Gasteiger partial charge is 0.462 e. The summed E-state index contributed by atoms with van der Waals surface area (Å²) in [6.45, 7) is 6.56. The molecule has 2 nitrogen and oxygen atoms in total. The molecule has 0 rings (SSSR count). The van der Waals surface area contributed by atoms with Crippen molar-refractivity contribution in [2.24, 2.45) is 0 Å². The quantitative estimate of drug-likeness (QED) is 0.262. The van der Waals surface area contributed by atoms with E-state index in [4.69, 9.17) is 8.53 Å². The number of methoxy groups -OCH3 is 1. The Morgan fingerprint density at radius 3 is 1.72 bits per heavy atom. The molecule has 0 heterocycles. The summed E-state index contributed by atoms with van der Waals surface area (Å²) in [7, 11) is 1.74. The number of unbranched alkanes of at least 4 members (excludes halogenated alkanes) is 6. The van der Waals surface area contributed by atoms with Gasteiger partial charge in [-0.25, -0.2) is 0 Å². The van der Waals surface area contributed by atoms with E-state index in [-0.39, 0.29) is 6.29 Å². The first kappa shape index (κ1) is 18.5. The van der Waals surface area contributed by atoms with Gasteiger partial charge in [0.15, 0.2) is 0 Å². The maximum Gasteiger partial charge on any atom is 0.462 e. The van der Waals surface area contributed by atoms with E-state index in [9.17, 15) is 0 Å². The normalized spacial score (nSPS) is 12.7. The van der Waals surface area contributed by atoms with Crippen LogP contribution in [0.2, 0.25) is 10.6 Å². The van der Waals surface area contributed by atoms with Gasteiger partial charge in [-0.3, -0.25) is 0 Å². The van der Waals surface area contributed by atoms with Gasteiger partial charge in [-0.05, 0) is 6.92 Å². The molecule has 3 heteroatoms. The molecule has 0 aliphatic carbocycles. The zero-order valence-corrected chi connectivity index (χ0v) is 14.2. The molecule has 0 radical (unpaired) electrons. The summed E-state index contributed by atoms with van der Waals surface area (Å²) in [5, 5.41) is 2.67. The Morgan fingerprint density at radius 2 is 1.33 bits per heavy atom. The van der Waals surface area contributed by atoms with Gasteiger partial charge in [0.1, 0.15) is 6.29 Å². The molecule has 0 bridgehead atoms. The molecule has 18 heavy (non-hydrogen) atoms. The first-order chi connectivity index (χ1) is 8.74. The minimum atomic E-state index is -1.02. The number of ether oxygens (including phenoxy) is 1. The summed E-state index contributed by atoms with van der Waals surface area (Å²) in [6, 6.07) is 0. The lowest BCUT2D eigenvalue weighted by Crippen LogP contribution is -2.25. The van der Waals surface area contributed by atoms with Gasteiger partial charge in [-0.15, -0.1) is 0 Å². The van der Waals surface area contributed by atoms with Crippen LogP contribution in [-0.2, 0) is 8.53 Å². The molecule has 0 spiro atoms. The lowest BCUT2D eigenvalue weighted by Gasteiger charge is -2.18. The van der Waals surface area contributed by atoms with Gasteiger partial charge in [-0.1, -0.05) is 75.8 Å². The fourth-order valence-electron chi connectivity index (χ4n) is 2.20. The maximum atomic E-state index is 6.08. The van der Waals surface area contributed by atoms with Crippen molar-refractivity contribution in [3.05, 3.63) is 0 Å². The third-order valence-electron chi connectivity index (χ3n) is 3.48. The lowest BCUT2D eigenvalue weighted by atomic mass is 10.2. The van der Waals surface area contributed by atoms with Gasteiger partial charge in [-0.2, -0.15) is 0 Å². The highest BCUT2D eigenvalue weighted by atomic mass is 27.2. The highest BCUT2D eigenvalue weighted by Crippen LogP contribution is 2.15. The van der Waals surface area contributed by atoms with Gasteiger partial charge < -0.3 is 8.53 Å². The average Bonchev–Trinajstić information content (AvgIpc) is 2.39. The molecule has 0 fully saturated rings. The first-order valence-electron chi connectivity index (χ1n) is 7.92. The monoisotopic (exact) mass is 272 g/mol. The van der Waals surface area contributed by atoms with Crippen LogP contribution in [0.15, 0.2) is 0 Å². The Kier molecular flexibility index (Phi) is 14.2. The Morgan fingerprint density at radius 1 is 0.833 bits per heavy atom. The van der Waals surface area contributed by atoms with Gasteiger partial charge in [0, 0.05) is 7.11 Å². The van der Waals surface area contributed by atoms with Crippen molar-refractivity contribution in [2.75, 3.05) is 7.11 Å². The standard InChI is InChI=1S/2C6H13.C3H7O2.Al/c2*1-3-5-6-4-2;1-3(4)5-2;/h2*1,3-6H2,2H3;3H,1-2H3;/q;;-1;+1. The van der Waals surface area contributed by atoms with Crippen LogP contribution in [0.3, 0.4) is 0 Å². The number of hydrogen-bond donors (Lipinski definition) is 0. The molecule has 108 valence electrons. The molecular weight excluding hydrogens is 239 g/mol. The summed E-state index contributed by atoms with van der Waals surface area (Å²) in [6.07, 6.45) is 10.8. The predicted octanol–water partition coefficient (Wildman–Crippen LogP) is 5.15. The fourth-order valence-corrected chi connectivity index (χ4v) is 4.91. The molecule has 0 aliphatic rings. The molecule has 1 atom stereocenters. The first-order valence-corrected chi connectivity index (χ1v) is 10.0. The molecule has 1 unspecified atom stereocenters. The highest BCUT2D eigenvalue weighted by Gasteiger charge is 2.21. The van der Waals surface area contributed by atoms with Crippen LogP contribution in [0.4, 0.5) is 0 Å². The van der Waals surface area contributed by atoms with Crippen LogP contribution in [0.1, 0.15) is 72.1 Å². The maximum absolute atomic E-state index is 6.08. The van der Waals surface area contributed by atoms with E-state index in [1.807, 2.05) is 6.92 Å². The Balaban J connectivity index is 3.77. The summed E-state index contributed by atoms with van der Waals surface area (Å²) in [5.41, 5.74) is 0. The van der Waals surface area contributed by atoms with E-state index in [0.29, 0.717) is 0 Å². The van der Waals surface area contributed by atoms with Crippen LogP contribution in [-0.4, -0.2) is 27.9 Å². The molecule has 0 amide bonds. The van der Waals surface area contributed by atoms with Crippen LogP contribution in [0.5, 0.6) is 0 Å². The third-order valence-corrected chi connectivity index (χ3v) is 6.35. The SMILES string of the molecule is CCCCC[CH2][Al]([CH2]CCCCC)[O]C(C)OC. The van der Waals surface area contributed by atoms with Crippen molar-refractivity contribution < 1.29 is 8.53 Å². The van der Waals surface area contributed by atoms with E-state index >= 15 is 0 Å². The zero-order chi connectivity index (χ0) is 13.6. The molecule has 0 saturated heterocycles. The van der Waals surface area contributed by atoms with Crippen LogP contribution in [0, 0.1) is 0 Å². The molecule has 0 aromatic carbocycles. The summed E-state index contributed by atoms with van der Waals surface area (Å²) in [5.74, 6) is 0. The third kappa shape index (κ3) is 11.5. The summed E-state index contributed by atoms with van der Waals surface area (Å²) in [4.78, 5) is 0. The van der Waals surface area contributed by atoms with E-state index < -0.39 is 14.5 Å². The molecule has 0 N–H and O–H groups in total. The number of rotatable bonds is 13. The van der Waals surface area contributed by atoms with Crippen LogP contribution in [0.25, 0.3) is 0 Å². The highest BCUT2D eigenvalue weighted by molar-refractivity contribution is 6.51. The van der Waals surface area contributed by atoms with Gasteiger partial charge in [0.2, 0.25) is 0 Å². The van der Waals surface area contributed by atoms with Crippen molar-refractivity contribution in [1.82, 2.24) is 0 Å². The molecule has 0 aromatic heterocycles. The molecular formula is C15H33AlO2. The van der Waals surface area contributed by atoms with Crippen molar-refractivity contribution in [2.45, 2.75) is 89.0 Å². The minimum absolute atomic E-state index is 0.000910. The number of hydrogen-bond acceptors (Lipinski definition) is 2.